The second kappa shape index (κ2) is 8.86. The van der Waals surface area contributed by atoms with Crippen LogP contribution in [0.3, 0.4) is 0 Å². The Labute approximate surface area is 189 Å². The van der Waals surface area contributed by atoms with Gasteiger partial charge in [-0.25, -0.2) is 15.0 Å². The van der Waals surface area contributed by atoms with Crippen molar-refractivity contribution in [1.29, 1.82) is 0 Å². The lowest BCUT2D eigenvalue weighted by atomic mass is 10.2. The van der Waals surface area contributed by atoms with Crippen molar-refractivity contribution in [3.05, 3.63) is 68.1 Å². The monoisotopic (exact) mass is 512 g/mol. The van der Waals surface area contributed by atoms with Crippen molar-refractivity contribution in [1.82, 2.24) is 15.0 Å². The van der Waals surface area contributed by atoms with Crippen molar-refractivity contribution in [3.8, 4) is 0 Å². The molecule has 33 heavy (non-hydrogen) atoms. The molecule has 0 fully saturated rings. The summed E-state index contributed by atoms with van der Waals surface area (Å²) in [5, 5.41) is 15.6. The summed E-state index contributed by atoms with van der Waals surface area (Å²) in [7, 11) is 0. The van der Waals surface area contributed by atoms with Gasteiger partial charge < -0.3 is 10.6 Å². The average Bonchev–Trinajstić information content (AvgIpc) is 2.69. The lowest BCUT2D eigenvalue weighted by Gasteiger charge is -2.14. The third-order valence-corrected chi connectivity index (χ3v) is 4.57. The average molecular weight is 513 g/mol. The van der Waals surface area contributed by atoms with E-state index in [0.29, 0.717) is 24.4 Å². The van der Waals surface area contributed by atoms with Gasteiger partial charge in [0, 0.05) is 6.20 Å². The van der Waals surface area contributed by atoms with Gasteiger partial charge in [-0.3, -0.25) is 10.1 Å². The number of halogens is 8. The van der Waals surface area contributed by atoms with Crippen LogP contribution in [0.2, 0.25) is 10.0 Å². The molecule has 0 aliphatic heterocycles. The molecular weight excluding hydrogens is 505 g/mol. The highest BCUT2D eigenvalue weighted by molar-refractivity contribution is 6.33. The van der Waals surface area contributed by atoms with Gasteiger partial charge in [0.1, 0.15) is 6.33 Å². The zero-order valence-electron chi connectivity index (χ0n) is 15.6. The molecule has 0 amide bonds. The quantitative estimate of drug-likeness (QED) is 0.225. The second-order valence-electron chi connectivity index (χ2n) is 6.17. The van der Waals surface area contributed by atoms with Crippen molar-refractivity contribution in [3.63, 3.8) is 0 Å². The predicted molar refractivity (Wildman–Crippen MR) is 106 cm³/mol. The first-order valence-corrected chi connectivity index (χ1v) is 9.16. The van der Waals surface area contributed by atoms with Crippen LogP contribution >= 0.6 is 23.2 Å². The summed E-state index contributed by atoms with van der Waals surface area (Å²) in [6.07, 6.45) is -8.17. The van der Waals surface area contributed by atoms with E-state index < -0.39 is 56.6 Å². The van der Waals surface area contributed by atoms with E-state index in [-0.39, 0.29) is 10.7 Å². The highest BCUT2D eigenvalue weighted by Gasteiger charge is 2.33. The van der Waals surface area contributed by atoms with Crippen LogP contribution in [0.25, 0.3) is 0 Å². The largest absolute Gasteiger partial charge is 0.417 e. The molecule has 174 valence electrons. The number of hydrogen-bond donors (Lipinski definition) is 2. The fourth-order valence-electron chi connectivity index (χ4n) is 2.46. The van der Waals surface area contributed by atoms with Gasteiger partial charge in [0.2, 0.25) is 11.6 Å². The number of hydrogen-bond acceptors (Lipinski definition) is 7. The summed E-state index contributed by atoms with van der Waals surface area (Å²) in [6.45, 7) is 0. The molecule has 2 aromatic heterocycles. The normalized spacial score (nSPS) is 11.9. The van der Waals surface area contributed by atoms with E-state index in [1.54, 1.807) is 0 Å². The van der Waals surface area contributed by atoms with Crippen molar-refractivity contribution < 1.29 is 31.3 Å². The van der Waals surface area contributed by atoms with Gasteiger partial charge in [-0.15, -0.1) is 0 Å². The second-order valence-corrected chi connectivity index (χ2v) is 6.99. The molecule has 0 radical (unpaired) electrons. The number of pyridine rings is 1. The SMILES string of the molecule is O=[N+]([O-])c1c(Nc2cc(C(F)(F)F)ccc2Cl)ncnc1Nc1ncc(C(F)(F)F)cc1Cl. The van der Waals surface area contributed by atoms with Gasteiger partial charge in [-0.2, -0.15) is 26.3 Å². The van der Waals surface area contributed by atoms with Crippen LogP contribution in [0.1, 0.15) is 11.1 Å². The summed E-state index contributed by atoms with van der Waals surface area (Å²) >= 11 is 11.7. The highest BCUT2D eigenvalue weighted by Crippen LogP contribution is 2.39. The Morgan fingerprint density at radius 3 is 1.97 bits per heavy atom. The molecule has 0 spiro atoms. The number of alkyl halides is 6. The minimum absolute atomic E-state index is 0.196. The van der Waals surface area contributed by atoms with Crippen LogP contribution < -0.4 is 10.6 Å². The van der Waals surface area contributed by atoms with Gasteiger partial charge >= 0.3 is 18.0 Å². The molecule has 0 saturated heterocycles. The van der Waals surface area contributed by atoms with Crippen LogP contribution in [0, 0.1) is 10.1 Å². The minimum Gasteiger partial charge on any atom is -0.333 e. The number of nitrogens with one attached hydrogen (secondary N) is 2. The first-order chi connectivity index (χ1) is 15.3. The van der Waals surface area contributed by atoms with Crippen molar-refractivity contribution in [2.45, 2.75) is 12.4 Å². The van der Waals surface area contributed by atoms with Gasteiger partial charge in [0.15, 0.2) is 5.82 Å². The number of anilines is 4. The lowest BCUT2D eigenvalue weighted by Crippen LogP contribution is -2.09. The standard InChI is InChI=1S/C17H8Cl2F6N6O2/c18-9-2-1-7(16(20,21)22)4-11(9)29-14-12(31(32)33)15(28-6-27-14)30-13-10(19)3-8(5-26-13)17(23,24)25/h1-6H,(H2,26,27,28,29,30). The zero-order valence-corrected chi connectivity index (χ0v) is 17.1. The zero-order chi connectivity index (χ0) is 24.6. The minimum atomic E-state index is -4.72. The van der Waals surface area contributed by atoms with Crippen molar-refractivity contribution in [2.24, 2.45) is 0 Å². The summed E-state index contributed by atoms with van der Waals surface area (Å²) in [4.78, 5) is 21.5. The van der Waals surface area contributed by atoms with E-state index in [1.165, 1.54) is 0 Å². The molecule has 0 aliphatic rings. The Balaban J connectivity index is 2.01. The number of rotatable bonds is 5. The fraction of sp³-hybridized carbons (Fsp3) is 0.118. The van der Waals surface area contributed by atoms with Gasteiger partial charge in [0.25, 0.3) is 0 Å². The smallest absolute Gasteiger partial charge is 0.333 e. The van der Waals surface area contributed by atoms with Crippen LogP contribution in [0.5, 0.6) is 0 Å². The summed E-state index contributed by atoms with van der Waals surface area (Å²) in [5.74, 6) is -1.49. The van der Waals surface area contributed by atoms with E-state index in [9.17, 15) is 36.5 Å². The molecule has 0 unspecified atom stereocenters. The van der Waals surface area contributed by atoms with Crippen LogP contribution in [-0.4, -0.2) is 19.9 Å². The Bertz CT molecular complexity index is 1220. The molecule has 1 aromatic carbocycles. The number of aromatic nitrogens is 3. The number of benzene rings is 1. The van der Waals surface area contributed by atoms with E-state index in [0.717, 1.165) is 12.4 Å². The van der Waals surface area contributed by atoms with Gasteiger partial charge in [-0.1, -0.05) is 23.2 Å². The van der Waals surface area contributed by atoms with Crippen molar-refractivity contribution in [2.75, 3.05) is 10.6 Å². The van der Waals surface area contributed by atoms with Gasteiger partial charge in [-0.05, 0) is 24.3 Å². The molecular formula is C17H8Cl2F6N6O2. The molecule has 16 heteroatoms. The maximum Gasteiger partial charge on any atom is 0.417 e. The number of nitrogens with zero attached hydrogens (tertiary/aromatic N) is 4. The predicted octanol–water partition coefficient (Wildman–Crippen LogP) is 6.61. The Morgan fingerprint density at radius 2 is 1.42 bits per heavy atom. The third-order valence-electron chi connectivity index (χ3n) is 3.96. The van der Waals surface area contributed by atoms with E-state index >= 15 is 0 Å². The maximum atomic E-state index is 13.0. The first kappa shape index (κ1) is 24.3. The van der Waals surface area contributed by atoms with E-state index in [4.69, 9.17) is 23.2 Å². The molecule has 0 bridgehead atoms. The van der Waals surface area contributed by atoms with Crippen LogP contribution in [0.15, 0.2) is 36.8 Å². The molecule has 0 aliphatic carbocycles. The molecule has 2 heterocycles. The molecule has 0 saturated carbocycles. The number of nitro groups is 1. The molecule has 8 nitrogen and oxygen atoms in total. The third kappa shape index (κ3) is 5.51. The van der Waals surface area contributed by atoms with Crippen LogP contribution in [-0.2, 0) is 12.4 Å². The maximum absolute atomic E-state index is 13.0. The van der Waals surface area contributed by atoms with Crippen molar-refractivity contribution >= 4 is 52.0 Å². The van der Waals surface area contributed by atoms with Crippen LogP contribution in [0.4, 0.5) is 55.2 Å². The Hall–Kier alpha value is -3.39. The molecule has 3 aromatic rings. The topological polar surface area (TPSA) is 106 Å². The molecule has 2 N–H and O–H groups in total. The first-order valence-electron chi connectivity index (χ1n) is 8.40. The summed E-state index contributed by atoms with van der Waals surface area (Å²) in [5.41, 5.74) is -3.43. The Morgan fingerprint density at radius 1 is 0.818 bits per heavy atom. The molecule has 0 atom stereocenters. The van der Waals surface area contributed by atoms with Gasteiger partial charge in [0.05, 0.1) is 31.8 Å². The van der Waals surface area contributed by atoms with E-state index in [1.807, 2.05) is 0 Å². The highest BCUT2D eigenvalue weighted by atomic mass is 35.5. The Kier molecular flexibility index (Phi) is 6.51. The van der Waals surface area contributed by atoms with E-state index in [2.05, 4.69) is 25.6 Å². The fourth-order valence-corrected chi connectivity index (χ4v) is 2.84. The summed E-state index contributed by atoms with van der Waals surface area (Å²) < 4.78 is 77.3. The summed E-state index contributed by atoms with van der Waals surface area (Å²) in [6, 6.07) is 2.82. The molecule has 3 rings (SSSR count). The lowest BCUT2D eigenvalue weighted by molar-refractivity contribution is -0.383.